The second-order valence-electron chi connectivity index (χ2n) is 2.78. The van der Waals surface area contributed by atoms with Crippen LogP contribution in [0.1, 0.15) is 27.2 Å². The highest BCUT2D eigenvalue weighted by atomic mass is 15.2. The minimum absolute atomic E-state index is 0.0503. The minimum atomic E-state index is 0.0503. The molecular weight excluding hydrogens is 124 g/mol. The van der Waals surface area contributed by atoms with Gasteiger partial charge in [-0.25, -0.2) is 9.57 Å². The molecule has 0 saturated carbocycles. The summed E-state index contributed by atoms with van der Waals surface area (Å²) < 4.78 is 2.26. The largest absolute Gasteiger partial charge is 0.252 e. The first-order chi connectivity index (χ1) is 4.73. The number of aliphatic imine (C=N–C) groups is 1. The molecule has 2 nitrogen and oxygen atoms in total. The van der Waals surface area contributed by atoms with Crippen LogP contribution in [0, 0.1) is 0 Å². The molecule has 0 bridgehead atoms. The van der Waals surface area contributed by atoms with Crippen LogP contribution in [0.5, 0.6) is 0 Å². The zero-order valence-electron chi connectivity index (χ0n) is 6.96. The Labute approximate surface area is 62.3 Å². The van der Waals surface area contributed by atoms with Gasteiger partial charge in [0.05, 0.1) is 6.21 Å². The highest BCUT2D eigenvalue weighted by Crippen LogP contribution is 2.17. The molecule has 56 valence electrons. The van der Waals surface area contributed by atoms with Gasteiger partial charge < -0.3 is 0 Å². The summed E-state index contributed by atoms with van der Waals surface area (Å²) >= 11 is 0. The molecule has 0 amide bonds. The van der Waals surface area contributed by atoms with Crippen molar-refractivity contribution in [1.82, 2.24) is 0 Å². The van der Waals surface area contributed by atoms with Gasteiger partial charge >= 0.3 is 0 Å². The van der Waals surface area contributed by atoms with Gasteiger partial charge in [0.25, 0.3) is 5.66 Å². The summed E-state index contributed by atoms with van der Waals surface area (Å²) in [5.74, 6) is 0. The van der Waals surface area contributed by atoms with Crippen molar-refractivity contribution >= 4 is 12.4 Å². The molecule has 1 aliphatic rings. The molecule has 0 fully saturated rings. The summed E-state index contributed by atoms with van der Waals surface area (Å²) in [5.41, 5.74) is 0.0503. The van der Waals surface area contributed by atoms with Crippen molar-refractivity contribution in [2.24, 2.45) is 4.99 Å². The van der Waals surface area contributed by atoms with Crippen LogP contribution >= 0.6 is 0 Å². The van der Waals surface area contributed by atoms with Crippen molar-refractivity contribution in [3.05, 3.63) is 0 Å². The van der Waals surface area contributed by atoms with Crippen molar-refractivity contribution in [2.45, 2.75) is 32.9 Å². The van der Waals surface area contributed by atoms with E-state index in [2.05, 4.69) is 36.6 Å². The maximum absolute atomic E-state index is 4.38. The molecule has 0 N–H and O–H groups in total. The van der Waals surface area contributed by atoms with Gasteiger partial charge in [0.15, 0.2) is 6.21 Å². The molecule has 1 rings (SSSR count). The Morgan fingerprint density at radius 1 is 1.50 bits per heavy atom. The summed E-state index contributed by atoms with van der Waals surface area (Å²) in [4.78, 5) is 4.38. The topological polar surface area (TPSA) is 15.4 Å². The van der Waals surface area contributed by atoms with Gasteiger partial charge in [0.2, 0.25) is 0 Å². The van der Waals surface area contributed by atoms with E-state index in [1.165, 1.54) is 0 Å². The van der Waals surface area contributed by atoms with E-state index >= 15 is 0 Å². The molecular formula is C8H15N2+. The lowest BCUT2D eigenvalue weighted by molar-refractivity contribution is -0.592. The maximum atomic E-state index is 4.38. The smallest absolute Gasteiger partial charge is 0.217 e. The van der Waals surface area contributed by atoms with Crippen LogP contribution in [0.25, 0.3) is 0 Å². The lowest BCUT2D eigenvalue weighted by atomic mass is 10.1. The van der Waals surface area contributed by atoms with Gasteiger partial charge in [-0.2, -0.15) is 0 Å². The third-order valence-electron chi connectivity index (χ3n) is 2.23. The van der Waals surface area contributed by atoms with Crippen molar-refractivity contribution in [3.63, 3.8) is 0 Å². The first-order valence-electron chi connectivity index (χ1n) is 3.88. The fourth-order valence-electron chi connectivity index (χ4n) is 1.25. The second kappa shape index (κ2) is 2.52. The number of rotatable bonds is 2. The Bertz CT molecular complexity index is 182. The SMILES string of the molecule is CC[N+]1=CC=NC1(C)CC. The normalized spacial score (nSPS) is 30.9. The molecule has 10 heavy (non-hydrogen) atoms. The zero-order valence-corrected chi connectivity index (χ0v) is 6.96. The van der Waals surface area contributed by atoms with Gasteiger partial charge in [0.1, 0.15) is 6.54 Å². The summed E-state index contributed by atoms with van der Waals surface area (Å²) in [7, 11) is 0. The predicted octanol–water partition coefficient (Wildman–Crippen LogP) is 1.30. The monoisotopic (exact) mass is 139 g/mol. The van der Waals surface area contributed by atoms with Gasteiger partial charge in [0, 0.05) is 13.3 Å². The van der Waals surface area contributed by atoms with Crippen molar-refractivity contribution < 1.29 is 4.58 Å². The quantitative estimate of drug-likeness (QED) is 0.512. The summed E-state index contributed by atoms with van der Waals surface area (Å²) in [5, 5.41) is 0. The fraction of sp³-hybridized carbons (Fsp3) is 0.750. The van der Waals surface area contributed by atoms with E-state index in [1.807, 2.05) is 6.21 Å². The van der Waals surface area contributed by atoms with Crippen LogP contribution in [0.2, 0.25) is 0 Å². The molecule has 1 aliphatic heterocycles. The molecule has 0 saturated heterocycles. The average Bonchev–Trinajstić information content (AvgIpc) is 2.32. The number of hydrogen-bond acceptors (Lipinski definition) is 1. The highest BCUT2D eigenvalue weighted by Gasteiger charge is 2.33. The van der Waals surface area contributed by atoms with E-state index in [0.717, 1.165) is 13.0 Å². The lowest BCUT2D eigenvalue weighted by Crippen LogP contribution is -2.34. The number of hydrogen-bond donors (Lipinski definition) is 0. The zero-order chi connectivity index (χ0) is 7.61. The molecule has 2 heteroatoms. The van der Waals surface area contributed by atoms with Crippen LogP contribution in [0.4, 0.5) is 0 Å². The predicted molar refractivity (Wildman–Crippen MR) is 44.1 cm³/mol. The van der Waals surface area contributed by atoms with Crippen molar-refractivity contribution in [2.75, 3.05) is 6.54 Å². The molecule has 0 spiro atoms. The van der Waals surface area contributed by atoms with E-state index in [9.17, 15) is 0 Å². The third kappa shape index (κ3) is 0.981. The molecule has 0 radical (unpaired) electrons. The molecule has 0 aromatic rings. The second-order valence-corrected chi connectivity index (χ2v) is 2.78. The van der Waals surface area contributed by atoms with Gasteiger partial charge in [-0.1, -0.05) is 6.92 Å². The Kier molecular flexibility index (Phi) is 1.88. The van der Waals surface area contributed by atoms with Gasteiger partial charge in [-0.15, -0.1) is 0 Å². The fourth-order valence-corrected chi connectivity index (χ4v) is 1.25. The summed E-state index contributed by atoms with van der Waals surface area (Å²) in [6.07, 6.45) is 5.03. The van der Waals surface area contributed by atoms with Crippen LogP contribution < -0.4 is 0 Å². The Morgan fingerprint density at radius 2 is 2.20 bits per heavy atom. The molecule has 1 atom stereocenters. The van der Waals surface area contributed by atoms with E-state index in [-0.39, 0.29) is 5.66 Å². The highest BCUT2D eigenvalue weighted by molar-refractivity contribution is 6.14. The summed E-state index contributed by atoms with van der Waals surface area (Å²) in [6.45, 7) is 7.53. The van der Waals surface area contributed by atoms with E-state index in [4.69, 9.17) is 0 Å². The van der Waals surface area contributed by atoms with Crippen molar-refractivity contribution in [3.8, 4) is 0 Å². The molecule has 0 aromatic heterocycles. The Balaban J connectivity index is 2.79. The average molecular weight is 139 g/mol. The Morgan fingerprint density at radius 3 is 2.60 bits per heavy atom. The van der Waals surface area contributed by atoms with Crippen LogP contribution in [-0.2, 0) is 0 Å². The molecule has 1 heterocycles. The maximum Gasteiger partial charge on any atom is 0.252 e. The minimum Gasteiger partial charge on any atom is -0.217 e. The standard InChI is InChI=1S/C8H15N2/c1-4-8(3)9-6-7-10(8)5-2/h6-7H,4-5H2,1-3H3/q+1. The van der Waals surface area contributed by atoms with E-state index in [0.29, 0.717) is 0 Å². The van der Waals surface area contributed by atoms with Crippen LogP contribution in [0.3, 0.4) is 0 Å². The first kappa shape index (κ1) is 7.45. The third-order valence-corrected chi connectivity index (χ3v) is 2.23. The summed E-state index contributed by atoms with van der Waals surface area (Å²) in [6, 6.07) is 0. The first-order valence-corrected chi connectivity index (χ1v) is 3.88. The number of nitrogens with zero attached hydrogens (tertiary/aromatic N) is 2. The molecule has 0 aliphatic carbocycles. The van der Waals surface area contributed by atoms with E-state index < -0.39 is 0 Å². The Hall–Kier alpha value is -0.660. The molecule has 1 unspecified atom stereocenters. The van der Waals surface area contributed by atoms with Gasteiger partial charge in [-0.3, -0.25) is 0 Å². The van der Waals surface area contributed by atoms with Crippen LogP contribution in [0.15, 0.2) is 4.99 Å². The van der Waals surface area contributed by atoms with E-state index in [1.54, 1.807) is 0 Å². The van der Waals surface area contributed by atoms with Gasteiger partial charge in [-0.05, 0) is 6.92 Å². The van der Waals surface area contributed by atoms with Crippen molar-refractivity contribution in [1.29, 1.82) is 0 Å². The lowest BCUT2D eigenvalue weighted by Gasteiger charge is -2.16. The molecule has 0 aromatic carbocycles. The van der Waals surface area contributed by atoms with Crippen LogP contribution in [-0.4, -0.2) is 29.2 Å².